The second-order valence-corrected chi connectivity index (χ2v) is 4.72. The maximum absolute atomic E-state index is 14.5. The maximum Gasteiger partial charge on any atom is 0.282 e. The second-order valence-electron chi connectivity index (χ2n) is 4.72. The van der Waals surface area contributed by atoms with E-state index in [4.69, 9.17) is 0 Å². The summed E-state index contributed by atoms with van der Waals surface area (Å²) in [5.74, 6) is -0.673. The van der Waals surface area contributed by atoms with Crippen LogP contribution in [-0.4, -0.2) is 4.92 Å². The van der Waals surface area contributed by atoms with Gasteiger partial charge in [-0.15, -0.1) is 0 Å². The van der Waals surface area contributed by atoms with E-state index in [0.717, 1.165) is 0 Å². The van der Waals surface area contributed by atoms with E-state index < -0.39 is 10.7 Å². The largest absolute Gasteiger partial charge is 0.356 e. The van der Waals surface area contributed by atoms with Crippen molar-refractivity contribution in [3.8, 4) is 11.1 Å². The van der Waals surface area contributed by atoms with Crippen LogP contribution in [0.25, 0.3) is 11.1 Å². The van der Waals surface area contributed by atoms with Crippen LogP contribution in [0.1, 0.15) is 13.8 Å². The molecule has 2 rings (SSSR count). The number of anilines is 1. The monoisotopic (exact) mass is 340 g/mol. The number of hydrogen-bond acceptors (Lipinski definition) is 3. The van der Waals surface area contributed by atoms with Crippen molar-refractivity contribution in [2.45, 2.75) is 13.8 Å². The lowest BCUT2D eigenvalue weighted by molar-refractivity contribution is -0.384. The summed E-state index contributed by atoms with van der Waals surface area (Å²) in [5, 5.41) is 14.1. The Labute approximate surface area is 147 Å². The molecular weight excluding hydrogens is 319 g/mol. The molecule has 0 atom stereocenters. The Hall–Kier alpha value is -3.21. The van der Waals surface area contributed by atoms with Gasteiger partial charge in [0.2, 0.25) is 0 Å². The van der Waals surface area contributed by atoms with Gasteiger partial charge in [0, 0.05) is 17.5 Å². The smallest absolute Gasteiger partial charge is 0.282 e. The summed E-state index contributed by atoms with van der Waals surface area (Å²) in [7, 11) is 0. The molecule has 130 valence electrons. The van der Waals surface area contributed by atoms with Gasteiger partial charge in [-0.25, -0.2) is 4.39 Å². The molecule has 2 aromatic rings. The van der Waals surface area contributed by atoms with Crippen molar-refractivity contribution in [3.05, 3.63) is 95.5 Å². The quantitative estimate of drug-likeness (QED) is 0.393. The lowest BCUT2D eigenvalue weighted by Gasteiger charge is -2.10. The Balaban J connectivity index is 0.00000151. The highest BCUT2D eigenvalue weighted by Gasteiger charge is 2.21. The molecule has 0 radical (unpaired) electrons. The lowest BCUT2D eigenvalue weighted by atomic mass is 10.0. The van der Waals surface area contributed by atoms with E-state index in [-0.39, 0.29) is 16.9 Å². The Morgan fingerprint density at radius 3 is 2.44 bits per heavy atom. The van der Waals surface area contributed by atoms with Gasteiger partial charge in [-0.3, -0.25) is 10.1 Å². The van der Waals surface area contributed by atoms with Crippen molar-refractivity contribution < 1.29 is 9.31 Å². The summed E-state index contributed by atoms with van der Waals surface area (Å²) in [5.41, 5.74) is 0.833. The maximum atomic E-state index is 14.5. The number of nitrogens with zero attached hydrogens (tertiary/aromatic N) is 1. The molecule has 5 heteroatoms. The van der Waals surface area contributed by atoms with E-state index in [2.05, 4.69) is 18.5 Å². The summed E-state index contributed by atoms with van der Waals surface area (Å²) >= 11 is 0. The minimum absolute atomic E-state index is 0.0339. The molecule has 0 fully saturated rings. The molecule has 4 nitrogen and oxygen atoms in total. The molecule has 1 N–H and O–H groups in total. The van der Waals surface area contributed by atoms with Crippen LogP contribution in [0.15, 0.2) is 79.5 Å². The third kappa shape index (κ3) is 5.42. The molecule has 0 aromatic heterocycles. The molecule has 0 amide bonds. The standard InChI is InChI=1S/C18H15FN2O2.C2H6/c1-3-4-8-13(2)20-15-11-16(19)18(17(12-15)21(22)23)14-9-6-5-7-10-14;1-2/h3-12,20H,1-2H2;1-2H3/b8-4-;. The molecule has 0 aliphatic carbocycles. The van der Waals surface area contributed by atoms with Crippen LogP contribution < -0.4 is 5.32 Å². The Kier molecular flexibility index (Phi) is 7.79. The first-order valence-corrected chi connectivity index (χ1v) is 7.81. The molecular formula is C20H21FN2O2. The number of nitro benzene ring substituents is 1. The van der Waals surface area contributed by atoms with Crippen molar-refractivity contribution in [2.75, 3.05) is 5.32 Å². The summed E-state index contributed by atoms with van der Waals surface area (Å²) in [6, 6.07) is 10.9. The summed E-state index contributed by atoms with van der Waals surface area (Å²) in [4.78, 5) is 10.7. The zero-order valence-electron chi connectivity index (χ0n) is 14.3. The Morgan fingerprint density at radius 1 is 1.24 bits per heavy atom. The zero-order valence-corrected chi connectivity index (χ0v) is 14.3. The van der Waals surface area contributed by atoms with Crippen LogP contribution in [0, 0.1) is 15.9 Å². The number of hydrogen-bond donors (Lipinski definition) is 1. The molecule has 0 unspecified atom stereocenters. The van der Waals surface area contributed by atoms with Crippen molar-refractivity contribution in [3.63, 3.8) is 0 Å². The predicted molar refractivity (Wildman–Crippen MR) is 102 cm³/mol. The van der Waals surface area contributed by atoms with Gasteiger partial charge in [0.25, 0.3) is 5.69 Å². The van der Waals surface area contributed by atoms with Crippen LogP contribution in [-0.2, 0) is 0 Å². The highest BCUT2D eigenvalue weighted by Crippen LogP contribution is 2.35. The average Bonchev–Trinajstić information content (AvgIpc) is 2.61. The molecule has 0 heterocycles. The first kappa shape index (κ1) is 19.8. The van der Waals surface area contributed by atoms with Gasteiger partial charge in [0.05, 0.1) is 10.5 Å². The molecule has 0 saturated heterocycles. The second kappa shape index (κ2) is 9.82. The third-order valence-electron chi connectivity index (χ3n) is 3.07. The van der Waals surface area contributed by atoms with E-state index in [1.54, 1.807) is 48.6 Å². The molecule has 0 aliphatic rings. The first-order chi connectivity index (χ1) is 12.0. The highest BCUT2D eigenvalue weighted by atomic mass is 19.1. The molecule has 0 spiro atoms. The van der Waals surface area contributed by atoms with Gasteiger partial charge in [0.15, 0.2) is 0 Å². The number of nitro groups is 1. The van der Waals surface area contributed by atoms with Gasteiger partial charge in [-0.2, -0.15) is 0 Å². The number of benzene rings is 2. The van der Waals surface area contributed by atoms with Gasteiger partial charge in [-0.05, 0) is 17.7 Å². The summed E-state index contributed by atoms with van der Waals surface area (Å²) < 4.78 is 14.5. The van der Waals surface area contributed by atoms with Crippen LogP contribution >= 0.6 is 0 Å². The highest BCUT2D eigenvalue weighted by molar-refractivity contribution is 5.77. The van der Waals surface area contributed by atoms with E-state index in [9.17, 15) is 14.5 Å². The van der Waals surface area contributed by atoms with Crippen molar-refractivity contribution in [1.82, 2.24) is 0 Å². The third-order valence-corrected chi connectivity index (χ3v) is 3.07. The van der Waals surface area contributed by atoms with Crippen LogP contribution in [0.3, 0.4) is 0 Å². The van der Waals surface area contributed by atoms with E-state index >= 15 is 0 Å². The number of nitrogens with one attached hydrogen (secondary N) is 1. The van der Waals surface area contributed by atoms with Gasteiger partial charge < -0.3 is 5.32 Å². The van der Waals surface area contributed by atoms with E-state index in [0.29, 0.717) is 11.3 Å². The molecule has 2 aromatic carbocycles. The number of rotatable bonds is 6. The van der Waals surface area contributed by atoms with Crippen molar-refractivity contribution in [1.29, 1.82) is 0 Å². The first-order valence-electron chi connectivity index (χ1n) is 7.81. The minimum Gasteiger partial charge on any atom is -0.356 e. The number of halogens is 1. The van der Waals surface area contributed by atoms with Gasteiger partial charge >= 0.3 is 0 Å². The summed E-state index contributed by atoms with van der Waals surface area (Å²) in [6.07, 6.45) is 4.84. The SMILES string of the molecule is C=C/C=C\C(=C)Nc1cc(F)c(-c2ccccc2)c([N+](=O)[O-])c1.CC. The normalized spacial score (nSPS) is 9.88. The van der Waals surface area contributed by atoms with E-state index in [1.165, 1.54) is 12.1 Å². The number of allylic oxidation sites excluding steroid dienone is 3. The van der Waals surface area contributed by atoms with Crippen LogP contribution in [0.2, 0.25) is 0 Å². The minimum atomic E-state index is -0.673. The molecule has 0 bridgehead atoms. The van der Waals surface area contributed by atoms with E-state index in [1.807, 2.05) is 13.8 Å². The summed E-state index contributed by atoms with van der Waals surface area (Å²) in [6.45, 7) is 11.3. The average molecular weight is 340 g/mol. The molecule has 0 aliphatic heterocycles. The Morgan fingerprint density at radius 2 is 1.88 bits per heavy atom. The van der Waals surface area contributed by atoms with Crippen LogP contribution in [0.4, 0.5) is 15.8 Å². The van der Waals surface area contributed by atoms with Crippen LogP contribution in [0.5, 0.6) is 0 Å². The van der Waals surface area contributed by atoms with Gasteiger partial charge in [-0.1, -0.05) is 69.5 Å². The topological polar surface area (TPSA) is 55.2 Å². The predicted octanol–water partition coefficient (Wildman–Crippen LogP) is 6.09. The van der Waals surface area contributed by atoms with Crippen molar-refractivity contribution in [2.24, 2.45) is 0 Å². The molecule has 25 heavy (non-hydrogen) atoms. The fourth-order valence-electron chi connectivity index (χ4n) is 2.11. The Bertz CT molecular complexity index is 784. The fourth-order valence-corrected chi connectivity index (χ4v) is 2.11. The zero-order chi connectivity index (χ0) is 18.8. The lowest BCUT2D eigenvalue weighted by Crippen LogP contribution is -2.00. The molecule has 0 saturated carbocycles. The van der Waals surface area contributed by atoms with Gasteiger partial charge in [0.1, 0.15) is 5.82 Å². The fraction of sp³-hybridized carbons (Fsp3) is 0.100. The van der Waals surface area contributed by atoms with Crippen molar-refractivity contribution >= 4 is 11.4 Å².